The summed E-state index contributed by atoms with van der Waals surface area (Å²) >= 11 is 0. The quantitative estimate of drug-likeness (QED) is 0.847. The first-order chi connectivity index (χ1) is 11.6. The number of rotatable bonds is 5. The third-order valence-electron chi connectivity index (χ3n) is 3.15. The third-order valence-corrected chi connectivity index (χ3v) is 4.54. The van der Waals surface area contributed by atoms with E-state index in [9.17, 15) is 26.4 Å². The van der Waals surface area contributed by atoms with E-state index in [1.807, 2.05) is 13.0 Å². The number of nitrogens with one attached hydrogen (secondary N) is 2. The van der Waals surface area contributed by atoms with Crippen LogP contribution in [0.25, 0.3) is 0 Å². The molecule has 2 aromatic rings. The van der Waals surface area contributed by atoms with Gasteiger partial charge in [0.05, 0.1) is 4.90 Å². The fourth-order valence-corrected chi connectivity index (χ4v) is 3.04. The second kappa shape index (κ2) is 7.14. The zero-order valence-electron chi connectivity index (χ0n) is 13.1. The lowest BCUT2D eigenvalue weighted by atomic mass is 10.2. The summed E-state index contributed by atoms with van der Waals surface area (Å²) in [6.07, 6.45) is -4.52. The van der Waals surface area contributed by atoms with Crippen LogP contribution in [0.4, 0.5) is 18.9 Å². The van der Waals surface area contributed by atoms with Crippen molar-refractivity contribution in [2.75, 3.05) is 11.3 Å². The molecule has 0 aromatic heterocycles. The molecule has 0 spiro atoms. The van der Waals surface area contributed by atoms with Crippen molar-refractivity contribution in [1.82, 2.24) is 5.32 Å². The van der Waals surface area contributed by atoms with Gasteiger partial charge in [0.2, 0.25) is 0 Å². The molecule has 0 saturated carbocycles. The van der Waals surface area contributed by atoms with E-state index in [1.165, 1.54) is 0 Å². The average molecular weight is 372 g/mol. The Bertz CT molecular complexity index is 863. The smallest absolute Gasteiger partial charge is 0.343 e. The van der Waals surface area contributed by atoms with Crippen molar-refractivity contribution in [3.63, 3.8) is 0 Å². The number of hydrogen-bond acceptors (Lipinski definition) is 3. The van der Waals surface area contributed by atoms with Gasteiger partial charge in [-0.2, -0.15) is 13.2 Å². The molecule has 0 atom stereocenters. The second-order valence-corrected chi connectivity index (χ2v) is 6.98. The number of benzene rings is 2. The van der Waals surface area contributed by atoms with E-state index in [2.05, 4.69) is 4.72 Å². The first kappa shape index (κ1) is 18.8. The van der Waals surface area contributed by atoms with Gasteiger partial charge in [0.1, 0.15) is 6.54 Å². The maximum absolute atomic E-state index is 12.3. The lowest BCUT2D eigenvalue weighted by molar-refractivity contribution is -0.123. The highest BCUT2D eigenvalue weighted by Gasteiger charge is 2.28. The van der Waals surface area contributed by atoms with E-state index < -0.39 is 28.7 Å². The number of carbonyl (C=O) groups is 1. The molecule has 1 amide bonds. The highest BCUT2D eigenvalue weighted by molar-refractivity contribution is 7.92. The van der Waals surface area contributed by atoms with Crippen LogP contribution in [0.5, 0.6) is 0 Å². The summed E-state index contributed by atoms with van der Waals surface area (Å²) < 4.78 is 63.2. The molecule has 0 fully saturated rings. The molecule has 0 aliphatic carbocycles. The standard InChI is InChI=1S/C16H15F3N2O3S/c1-11-3-2-4-13(9-11)21-25(23,24)14-7-5-12(6-8-14)15(22)20-10-16(17,18)19/h2-9,21H,10H2,1H3,(H,20,22). The lowest BCUT2D eigenvalue weighted by Gasteiger charge is -2.10. The normalized spacial score (nSPS) is 11.8. The van der Waals surface area contributed by atoms with Gasteiger partial charge in [0.15, 0.2) is 0 Å². The van der Waals surface area contributed by atoms with E-state index in [-0.39, 0.29) is 10.5 Å². The van der Waals surface area contributed by atoms with Gasteiger partial charge in [-0.15, -0.1) is 0 Å². The number of hydrogen-bond donors (Lipinski definition) is 2. The van der Waals surface area contributed by atoms with Gasteiger partial charge < -0.3 is 5.32 Å². The highest BCUT2D eigenvalue weighted by Crippen LogP contribution is 2.18. The Kier molecular flexibility index (Phi) is 5.36. The van der Waals surface area contributed by atoms with Gasteiger partial charge in [0, 0.05) is 11.3 Å². The molecule has 0 unspecified atom stereocenters. The van der Waals surface area contributed by atoms with Crippen molar-refractivity contribution in [3.05, 3.63) is 59.7 Å². The topological polar surface area (TPSA) is 75.3 Å². The minimum absolute atomic E-state index is 0.0706. The van der Waals surface area contributed by atoms with E-state index in [1.54, 1.807) is 23.5 Å². The van der Waals surface area contributed by atoms with Crippen LogP contribution in [0.1, 0.15) is 15.9 Å². The van der Waals surface area contributed by atoms with Gasteiger partial charge in [-0.1, -0.05) is 12.1 Å². The van der Waals surface area contributed by atoms with Crippen molar-refractivity contribution < 1.29 is 26.4 Å². The molecule has 0 aliphatic heterocycles. The number of anilines is 1. The first-order valence-electron chi connectivity index (χ1n) is 7.11. The second-order valence-electron chi connectivity index (χ2n) is 5.30. The Balaban J connectivity index is 2.11. The van der Waals surface area contributed by atoms with E-state index in [4.69, 9.17) is 0 Å². The Labute approximate surface area is 142 Å². The van der Waals surface area contributed by atoms with Crippen LogP contribution in [-0.2, 0) is 10.0 Å². The Hall–Kier alpha value is -2.55. The summed E-state index contributed by atoms with van der Waals surface area (Å²) in [5.41, 5.74) is 1.18. The molecule has 0 saturated heterocycles. The molecule has 0 aliphatic rings. The number of halogens is 3. The molecule has 134 valence electrons. The Morgan fingerprint density at radius 2 is 1.72 bits per heavy atom. The van der Waals surface area contributed by atoms with Crippen molar-refractivity contribution in [1.29, 1.82) is 0 Å². The minimum Gasteiger partial charge on any atom is -0.343 e. The predicted octanol–water partition coefficient (Wildman–Crippen LogP) is 3.09. The van der Waals surface area contributed by atoms with Crippen molar-refractivity contribution in [2.24, 2.45) is 0 Å². The van der Waals surface area contributed by atoms with E-state index >= 15 is 0 Å². The van der Waals surface area contributed by atoms with Crippen molar-refractivity contribution >= 4 is 21.6 Å². The molecule has 25 heavy (non-hydrogen) atoms. The predicted molar refractivity (Wildman–Crippen MR) is 86.8 cm³/mol. The van der Waals surface area contributed by atoms with Crippen LogP contribution in [0.15, 0.2) is 53.4 Å². The largest absolute Gasteiger partial charge is 0.405 e. The van der Waals surface area contributed by atoms with Crippen LogP contribution < -0.4 is 10.0 Å². The van der Waals surface area contributed by atoms with Gasteiger partial charge in [0.25, 0.3) is 15.9 Å². The van der Waals surface area contributed by atoms with Gasteiger partial charge >= 0.3 is 6.18 Å². The number of sulfonamides is 1. The van der Waals surface area contributed by atoms with Crippen LogP contribution in [0.3, 0.4) is 0 Å². The molecule has 0 bridgehead atoms. The first-order valence-corrected chi connectivity index (χ1v) is 8.60. The fourth-order valence-electron chi connectivity index (χ4n) is 1.99. The van der Waals surface area contributed by atoms with Crippen LogP contribution >= 0.6 is 0 Å². The lowest BCUT2D eigenvalue weighted by Crippen LogP contribution is -2.33. The number of aryl methyl sites for hydroxylation is 1. The summed E-state index contributed by atoms with van der Waals surface area (Å²) in [5.74, 6) is -0.937. The van der Waals surface area contributed by atoms with Gasteiger partial charge in [-0.05, 0) is 48.9 Å². The van der Waals surface area contributed by atoms with Crippen LogP contribution in [-0.4, -0.2) is 27.0 Å². The summed E-state index contributed by atoms with van der Waals surface area (Å²) in [5, 5.41) is 1.71. The number of amides is 1. The minimum atomic E-state index is -4.52. The molecule has 0 radical (unpaired) electrons. The summed E-state index contributed by atoms with van der Waals surface area (Å²) in [6, 6.07) is 11.3. The molecular formula is C16H15F3N2O3S. The number of alkyl halides is 3. The maximum atomic E-state index is 12.3. The highest BCUT2D eigenvalue weighted by atomic mass is 32.2. The van der Waals surface area contributed by atoms with Crippen molar-refractivity contribution in [3.8, 4) is 0 Å². The number of carbonyl (C=O) groups excluding carboxylic acids is 1. The van der Waals surface area contributed by atoms with E-state index in [0.717, 1.165) is 29.8 Å². The van der Waals surface area contributed by atoms with Crippen LogP contribution in [0, 0.1) is 6.92 Å². The third kappa shape index (κ3) is 5.49. The molecule has 2 rings (SSSR count). The Morgan fingerprint density at radius 3 is 2.28 bits per heavy atom. The zero-order valence-corrected chi connectivity index (χ0v) is 13.9. The molecule has 0 heterocycles. The molecular weight excluding hydrogens is 357 g/mol. The summed E-state index contributed by atoms with van der Waals surface area (Å²) in [4.78, 5) is 11.5. The van der Waals surface area contributed by atoms with Gasteiger partial charge in [-0.25, -0.2) is 8.42 Å². The SMILES string of the molecule is Cc1cccc(NS(=O)(=O)c2ccc(C(=O)NCC(F)(F)F)cc2)c1. The molecule has 2 N–H and O–H groups in total. The summed E-state index contributed by atoms with van der Waals surface area (Å²) in [7, 11) is -3.87. The fraction of sp³-hybridized carbons (Fsp3) is 0.188. The maximum Gasteiger partial charge on any atom is 0.405 e. The average Bonchev–Trinajstić information content (AvgIpc) is 2.51. The van der Waals surface area contributed by atoms with E-state index in [0.29, 0.717) is 5.69 Å². The molecule has 5 nitrogen and oxygen atoms in total. The molecule has 9 heteroatoms. The molecule has 2 aromatic carbocycles. The monoisotopic (exact) mass is 372 g/mol. The Morgan fingerprint density at radius 1 is 1.08 bits per heavy atom. The van der Waals surface area contributed by atoms with Crippen molar-refractivity contribution in [2.45, 2.75) is 18.0 Å². The van der Waals surface area contributed by atoms with Crippen LogP contribution in [0.2, 0.25) is 0 Å². The zero-order chi connectivity index (χ0) is 18.7. The van der Waals surface area contributed by atoms with Gasteiger partial charge in [-0.3, -0.25) is 9.52 Å². The summed E-state index contributed by atoms with van der Waals surface area (Å²) in [6.45, 7) is 0.354.